The minimum Gasteiger partial charge on any atom is -0.744 e. The maximum atomic E-state index is 12.3. The second-order valence-corrected chi connectivity index (χ2v) is 6.64. The predicted molar refractivity (Wildman–Crippen MR) is 33.8 cm³/mol. The molecular formula is C2H3F6NaO4S2. The summed E-state index contributed by atoms with van der Waals surface area (Å²) in [5, 5.41) is 7.66. The van der Waals surface area contributed by atoms with Crippen molar-refractivity contribution in [2.75, 3.05) is 6.61 Å². The van der Waals surface area contributed by atoms with Crippen molar-refractivity contribution in [3.8, 4) is 0 Å². The smallest absolute Gasteiger partial charge is 0.744 e. The fraction of sp³-hybridized carbons (Fsp3) is 1.00. The minimum absolute atomic E-state index is 0. The van der Waals surface area contributed by atoms with Crippen molar-refractivity contribution in [1.29, 1.82) is 0 Å². The molecule has 0 heterocycles. The SMILES string of the molecule is O=S(=O)([O-])C(F)(CO)S(F)(F)(F)(F)F.[Na+]. The molecule has 0 aliphatic carbocycles. The molecule has 4 nitrogen and oxygen atoms in total. The normalized spacial score (nSPS) is 21.9. The molecule has 13 heteroatoms. The van der Waals surface area contributed by atoms with Gasteiger partial charge in [-0.05, 0) is 0 Å². The van der Waals surface area contributed by atoms with Crippen LogP contribution in [0.15, 0.2) is 0 Å². The molecule has 0 fully saturated rings. The van der Waals surface area contributed by atoms with Crippen molar-refractivity contribution in [2.45, 2.75) is 4.33 Å². The van der Waals surface area contributed by atoms with Gasteiger partial charge in [-0.15, -0.1) is 0 Å². The molecule has 90 valence electrons. The van der Waals surface area contributed by atoms with Crippen LogP contribution < -0.4 is 29.6 Å². The Balaban J connectivity index is 0. The van der Waals surface area contributed by atoms with E-state index in [9.17, 15) is 36.8 Å². The van der Waals surface area contributed by atoms with Crippen molar-refractivity contribution < 1.29 is 71.5 Å². The molecule has 1 atom stereocenters. The van der Waals surface area contributed by atoms with Crippen LogP contribution in [0.3, 0.4) is 0 Å². The zero-order valence-corrected chi connectivity index (χ0v) is 10.6. The second kappa shape index (κ2) is 3.40. The molecule has 0 bridgehead atoms. The fourth-order valence-electron chi connectivity index (χ4n) is 0.394. The predicted octanol–water partition coefficient (Wildman–Crippen LogP) is -1.55. The average Bonchev–Trinajstić information content (AvgIpc) is 1.77. The van der Waals surface area contributed by atoms with Gasteiger partial charge in [-0.25, -0.2) is 12.8 Å². The van der Waals surface area contributed by atoms with Gasteiger partial charge >= 0.3 is 44.1 Å². The van der Waals surface area contributed by atoms with Crippen LogP contribution in [-0.2, 0) is 10.1 Å². The van der Waals surface area contributed by atoms with Crippen molar-refractivity contribution in [2.24, 2.45) is 0 Å². The second-order valence-electron chi connectivity index (χ2n) is 2.24. The largest absolute Gasteiger partial charge is 1.00 e. The zero-order chi connectivity index (χ0) is 12.1. The number of rotatable bonds is 3. The van der Waals surface area contributed by atoms with E-state index in [1.807, 2.05) is 0 Å². The van der Waals surface area contributed by atoms with E-state index in [0.717, 1.165) is 0 Å². The molecule has 0 aliphatic rings. The van der Waals surface area contributed by atoms with Crippen LogP contribution in [0.1, 0.15) is 0 Å². The van der Waals surface area contributed by atoms with Crippen molar-refractivity contribution in [3.05, 3.63) is 0 Å². The van der Waals surface area contributed by atoms with Gasteiger partial charge in [0, 0.05) is 0 Å². The Morgan fingerprint density at radius 2 is 1.47 bits per heavy atom. The average molecular weight is 292 g/mol. The summed E-state index contributed by atoms with van der Waals surface area (Å²) >= 11 is 0. The third kappa shape index (κ3) is 3.14. The van der Waals surface area contributed by atoms with Gasteiger partial charge in [-0.1, -0.05) is 19.4 Å². The van der Waals surface area contributed by atoms with Gasteiger partial charge in [0.2, 0.25) is 0 Å². The molecule has 0 spiro atoms. The van der Waals surface area contributed by atoms with Crippen molar-refractivity contribution >= 4 is 20.3 Å². The first-order chi connectivity index (χ1) is 5.56. The van der Waals surface area contributed by atoms with Crippen LogP contribution in [0.2, 0.25) is 0 Å². The summed E-state index contributed by atoms with van der Waals surface area (Å²) in [7, 11) is -18.4. The van der Waals surface area contributed by atoms with Crippen LogP contribution in [0.25, 0.3) is 0 Å². The number of alkyl halides is 1. The first-order valence-corrected chi connectivity index (χ1v) is 5.90. The Labute approximate surface area is 102 Å². The number of aliphatic hydroxyl groups excluding tert-OH is 1. The molecule has 0 saturated carbocycles. The molecule has 0 aliphatic heterocycles. The van der Waals surface area contributed by atoms with E-state index < -0.39 is 31.3 Å². The Morgan fingerprint density at radius 1 is 1.20 bits per heavy atom. The molecule has 0 saturated heterocycles. The summed E-state index contributed by atoms with van der Waals surface area (Å²) in [5.41, 5.74) is 0. The summed E-state index contributed by atoms with van der Waals surface area (Å²) in [6.07, 6.45) is 0. The first-order valence-electron chi connectivity index (χ1n) is 2.54. The van der Waals surface area contributed by atoms with Crippen molar-refractivity contribution in [3.63, 3.8) is 0 Å². The van der Waals surface area contributed by atoms with E-state index in [-0.39, 0.29) is 29.6 Å². The Hall–Kier alpha value is 0.800. The topological polar surface area (TPSA) is 77.4 Å². The maximum Gasteiger partial charge on any atom is 1.00 e. The third-order valence-corrected chi connectivity index (χ3v) is 4.85. The summed E-state index contributed by atoms with van der Waals surface area (Å²) in [4.78, 5) is 0. The van der Waals surface area contributed by atoms with Gasteiger partial charge in [0.05, 0.1) is 0 Å². The fourth-order valence-corrected chi connectivity index (χ4v) is 2.34. The minimum atomic E-state index is -11.3. The van der Waals surface area contributed by atoms with E-state index in [0.29, 0.717) is 0 Å². The Kier molecular flexibility index (Phi) is 4.12. The number of hydrogen-bond donors (Lipinski definition) is 1. The monoisotopic (exact) mass is 292 g/mol. The van der Waals surface area contributed by atoms with Gasteiger partial charge in [-0.3, -0.25) is 0 Å². The molecule has 1 unspecified atom stereocenters. The Bertz CT molecular complexity index is 346. The number of hydrogen-bond acceptors (Lipinski definition) is 4. The van der Waals surface area contributed by atoms with Gasteiger partial charge < -0.3 is 9.66 Å². The molecule has 0 aromatic rings. The maximum absolute atomic E-state index is 12.3. The van der Waals surface area contributed by atoms with Gasteiger partial charge in [-0.2, -0.15) is 0 Å². The quantitative estimate of drug-likeness (QED) is 0.388. The van der Waals surface area contributed by atoms with Gasteiger partial charge in [0.1, 0.15) is 6.61 Å². The summed E-state index contributed by atoms with van der Waals surface area (Å²) in [6.45, 7) is -3.18. The molecule has 0 amide bonds. The molecular weight excluding hydrogens is 289 g/mol. The zero-order valence-electron chi connectivity index (χ0n) is 6.96. The summed E-state index contributed by atoms with van der Waals surface area (Å²) in [6, 6.07) is 0. The van der Waals surface area contributed by atoms with Gasteiger partial charge in [0.15, 0.2) is 10.1 Å². The summed E-state index contributed by atoms with van der Waals surface area (Å²) in [5.74, 6) is 0. The van der Waals surface area contributed by atoms with E-state index in [1.54, 1.807) is 0 Å². The molecule has 1 N–H and O–H groups in total. The van der Waals surface area contributed by atoms with E-state index in [4.69, 9.17) is 5.11 Å². The molecule has 0 radical (unpaired) electrons. The van der Waals surface area contributed by atoms with E-state index in [1.165, 1.54) is 0 Å². The molecule has 0 rings (SSSR count). The first kappa shape index (κ1) is 18.2. The molecule has 15 heavy (non-hydrogen) atoms. The van der Waals surface area contributed by atoms with Crippen LogP contribution >= 0.6 is 10.2 Å². The van der Waals surface area contributed by atoms with Crippen molar-refractivity contribution in [1.82, 2.24) is 0 Å². The van der Waals surface area contributed by atoms with Crippen LogP contribution in [0, 0.1) is 0 Å². The third-order valence-electron chi connectivity index (χ3n) is 1.14. The van der Waals surface area contributed by atoms with Crippen LogP contribution in [0.4, 0.5) is 23.8 Å². The van der Waals surface area contributed by atoms with E-state index in [2.05, 4.69) is 0 Å². The number of halogens is 6. The van der Waals surface area contributed by atoms with E-state index >= 15 is 0 Å². The molecule has 0 aromatic heterocycles. The summed E-state index contributed by atoms with van der Waals surface area (Å²) < 4.78 is 93.2. The van der Waals surface area contributed by atoms with Crippen LogP contribution in [-0.4, -0.2) is 29.0 Å². The van der Waals surface area contributed by atoms with Gasteiger partial charge in [0.25, 0.3) is 0 Å². The Morgan fingerprint density at radius 3 is 1.47 bits per heavy atom. The molecule has 0 aromatic carbocycles. The standard InChI is InChI=1S/C2H4F6O4S2.Na/c3-2(1-9,13(10,11)12)14(4,5,6,7)8;/h9H,1H2,(H,10,11,12);/q;+1/p-1. The number of aliphatic hydroxyl groups is 1. The van der Waals surface area contributed by atoms with Crippen LogP contribution in [0.5, 0.6) is 0 Å².